The van der Waals surface area contributed by atoms with Gasteiger partial charge in [-0.1, -0.05) is 118 Å². The van der Waals surface area contributed by atoms with Crippen molar-refractivity contribution in [3.63, 3.8) is 0 Å². The van der Waals surface area contributed by atoms with Crippen LogP contribution in [0.25, 0.3) is 0 Å². The van der Waals surface area contributed by atoms with Gasteiger partial charge in [0.15, 0.2) is 0 Å². The molecule has 0 spiro atoms. The van der Waals surface area contributed by atoms with Crippen LogP contribution in [0.15, 0.2) is 60.7 Å². The molecule has 4 aromatic rings. The van der Waals surface area contributed by atoms with E-state index in [1.165, 1.54) is 22.7 Å². The van der Waals surface area contributed by atoms with Gasteiger partial charge in [0.05, 0.1) is 17.8 Å². The molecule has 52 heavy (non-hydrogen) atoms. The van der Waals surface area contributed by atoms with Gasteiger partial charge in [0.2, 0.25) is 22.1 Å². The lowest BCUT2D eigenvalue weighted by Gasteiger charge is -2.19. The molecular weight excluding hydrogens is 703 g/mol. The third-order valence-corrected chi connectivity index (χ3v) is 10.4. The molecule has 0 saturated heterocycles. The molecule has 4 rings (SSSR count). The summed E-state index contributed by atoms with van der Waals surface area (Å²) in [7, 11) is 0. The lowest BCUT2D eigenvalue weighted by atomic mass is 9.97. The third kappa shape index (κ3) is 12.0. The zero-order valence-corrected chi connectivity index (χ0v) is 31.7. The number of rotatable bonds is 19. The molecule has 13 nitrogen and oxygen atoms in total. The van der Waals surface area contributed by atoms with Gasteiger partial charge in [0.25, 0.3) is 0 Å². The molecule has 0 aliphatic rings. The van der Waals surface area contributed by atoms with Gasteiger partial charge in [-0.15, -0.1) is 20.4 Å². The second kappa shape index (κ2) is 19.9. The smallest absolute Gasteiger partial charge is 0.323 e. The number of hydrogen-bond donors (Lipinski definition) is 3. The van der Waals surface area contributed by atoms with E-state index in [9.17, 15) is 19.2 Å². The first-order valence-corrected chi connectivity index (χ1v) is 19.0. The summed E-state index contributed by atoms with van der Waals surface area (Å²) in [6.07, 6.45) is 2.88. The van der Waals surface area contributed by atoms with Crippen molar-refractivity contribution in [1.82, 2.24) is 20.4 Å². The van der Waals surface area contributed by atoms with Gasteiger partial charge in [-0.3, -0.25) is 29.8 Å². The van der Waals surface area contributed by atoms with E-state index in [0.29, 0.717) is 28.7 Å². The Kier molecular flexibility index (Phi) is 15.3. The van der Waals surface area contributed by atoms with Crippen molar-refractivity contribution in [2.75, 3.05) is 23.8 Å². The summed E-state index contributed by atoms with van der Waals surface area (Å²) in [5, 5.41) is 24.7. The van der Waals surface area contributed by atoms with Crippen LogP contribution in [0, 0.1) is 17.8 Å². The Morgan fingerprint density at radius 2 is 1.06 bits per heavy atom. The molecule has 0 radical (unpaired) electrons. The van der Waals surface area contributed by atoms with Crippen molar-refractivity contribution in [3.8, 4) is 0 Å². The van der Waals surface area contributed by atoms with Gasteiger partial charge in [0, 0.05) is 12.8 Å². The van der Waals surface area contributed by atoms with E-state index >= 15 is 0 Å². The van der Waals surface area contributed by atoms with Gasteiger partial charge in [-0.25, -0.2) is 0 Å². The molecule has 15 heteroatoms. The fourth-order valence-corrected chi connectivity index (χ4v) is 6.44. The molecule has 0 fully saturated rings. The maximum Gasteiger partial charge on any atom is 0.323 e. The number of nitrogens with one attached hydrogen (secondary N) is 2. The van der Waals surface area contributed by atoms with E-state index in [0.717, 1.165) is 28.4 Å². The number of esters is 2. The molecule has 4 unspecified atom stereocenters. The number of nitrogens with zero attached hydrogens (tertiary/aromatic N) is 4. The number of aryl methyl sites for hydroxylation is 2. The minimum atomic E-state index is -0.777. The predicted octanol–water partition coefficient (Wildman–Crippen LogP) is 5.76. The van der Waals surface area contributed by atoms with Crippen molar-refractivity contribution in [1.29, 1.82) is 0 Å². The van der Waals surface area contributed by atoms with E-state index in [-0.39, 0.29) is 48.8 Å². The maximum absolute atomic E-state index is 13.3. The van der Waals surface area contributed by atoms with E-state index in [2.05, 4.69) is 31.0 Å². The minimum Gasteiger partial charge on any atom is -0.464 e. The summed E-state index contributed by atoms with van der Waals surface area (Å²) >= 11 is 2.59. The minimum absolute atomic E-state index is 0.0783. The largest absolute Gasteiger partial charge is 0.464 e. The molecule has 2 amide bonds. The molecule has 4 atom stereocenters. The van der Waals surface area contributed by atoms with Crippen LogP contribution in [0.4, 0.5) is 10.3 Å². The molecule has 2 aromatic heterocycles. The standard InChI is InChI=1S/C37H47N7O6S2/c1-22(2)24(5)34(47)49-20-27(25-14-8-6-9-15-25)32(45)39-36-43-41-29(51-36)18-12-13-19-30-42-44-37(52-30)40-33(46)28(26-16-10-7-11-17-26)21-50-35(48)31(38)23(3)4/h6-11,14-17,22-24,27-28,31H,12-13,18-21,38H2,1-5H3,(H,39,43,45)(H,40,44,46). The van der Waals surface area contributed by atoms with E-state index in [1.54, 1.807) is 12.1 Å². The Bertz CT molecular complexity index is 1620. The molecule has 0 aliphatic heterocycles. The highest BCUT2D eigenvalue weighted by Gasteiger charge is 2.28. The monoisotopic (exact) mass is 749 g/mol. The average Bonchev–Trinajstić information content (AvgIpc) is 3.79. The number of nitrogens with two attached hydrogens (primary N) is 1. The highest BCUT2D eigenvalue weighted by molar-refractivity contribution is 7.15. The second-order valence-electron chi connectivity index (χ2n) is 13.2. The molecular formula is C37H47N7O6S2. The molecule has 2 heterocycles. The Labute approximate surface area is 312 Å². The van der Waals surface area contributed by atoms with Crippen LogP contribution >= 0.6 is 22.7 Å². The number of hydrogen-bond acceptors (Lipinski definition) is 13. The van der Waals surface area contributed by atoms with Crippen molar-refractivity contribution < 1.29 is 28.7 Å². The topological polar surface area (TPSA) is 188 Å². The number of amides is 2. The number of carbonyl (C=O) groups is 4. The third-order valence-electron chi connectivity index (χ3n) is 8.61. The number of ether oxygens (including phenoxy) is 2. The van der Waals surface area contributed by atoms with Crippen LogP contribution in [0.3, 0.4) is 0 Å². The summed E-state index contributed by atoms with van der Waals surface area (Å²) in [6.45, 7) is 9.15. The molecule has 0 aliphatic carbocycles. The van der Waals surface area contributed by atoms with E-state index in [4.69, 9.17) is 15.2 Å². The van der Waals surface area contributed by atoms with Gasteiger partial charge in [-0.2, -0.15) is 0 Å². The predicted molar refractivity (Wildman–Crippen MR) is 201 cm³/mol. The lowest BCUT2D eigenvalue weighted by molar-refractivity contribution is -0.150. The van der Waals surface area contributed by atoms with Gasteiger partial charge in [0.1, 0.15) is 29.3 Å². The molecule has 0 saturated carbocycles. The SMILES string of the molecule is CC(C)C(C)C(=O)OCC(C(=O)Nc1nnc(CCCCc2nnc(NC(=O)C(COC(=O)C(N)C(C)C)c3ccccc3)s2)s1)c1ccccc1. The van der Waals surface area contributed by atoms with Crippen LogP contribution in [0.5, 0.6) is 0 Å². The summed E-state index contributed by atoms with van der Waals surface area (Å²) in [6, 6.07) is 17.5. The van der Waals surface area contributed by atoms with Crippen LogP contribution in [-0.2, 0) is 41.5 Å². The Balaban J connectivity index is 1.26. The van der Waals surface area contributed by atoms with Crippen molar-refractivity contribution in [2.24, 2.45) is 23.5 Å². The summed E-state index contributed by atoms with van der Waals surface area (Å²) in [4.78, 5) is 51.5. The second-order valence-corrected chi connectivity index (χ2v) is 15.3. The van der Waals surface area contributed by atoms with Crippen LogP contribution in [0.1, 0.15) is 80.4 Å². The Morgan fingerprint density at radius 3 is 1.46 bits per heavy atom. The van der Waals surface area contributed by atoms with Crippen LogP contribution in [0.2, 0.25) is 0 Å². The molecule has 278 valence electrons. The van der Waals surface area contributed by atoms with Gasteiger partial charge < -0.3 is 15.2 Å². The Morgan fingerprint density at radius 1 is 0.635 bits per heavy atom. The number of unbranched alkanes of at least 4 members (excludes halogenated alkanes) is 1. The summed E-state index contributed by atoms with van der Waals surface area (Å²) < 4.78 is 11.0. The van der Waals surface area contributed by atoms with Crippen molar-refractivity contribution in [3.05, 3.63) is 81.8 Å². The van der Waals surface area contributed by atoms with Crippen molar-refractivity contribution in [2.45, 2.75) is 78.2 Å². The zero-order chi connectivity index (χ0) is 37.6. The summed E-state index contributed by atoms with van der Waals surface area (Å²) in [5.41, 5.74) is 7.35. The highest BCUT2D eigenvalue weighted by atomic mass is 32.1. The van der Waals surface area contributed by atoms with E-state index < -0.39 is 23.8 Å². The van der Waals surface area contributed by atoms with Crippen LogP contribution < -0.4 is 16.4 Å². The fraction of sp³-hybridized carbons (Fsp3) is 0.459. The average molecular weight is 750 g/mol. The maximum atomic E-state index is 13.3. The Hall–Kier alpha value is -4.60. The van der Waals surface area contributed by atoms with E-state index in [1.807, 2.05) is 83.1 Å². The summed E-state index contributed by atoms with van der Waals surface area (Å²) in [5.74, 6) is -3.29. The zero-order valence-electron chi connectivity index (χ0n) is 30.1. The number of benzene rings is 2. The number of carbonyl (C=O) groups excluding carboxylic acids is 4. The molecule has 0 bridgehead atoms. The van der Waals surface area contributed by atoms with Crippen LogP contribution in [-0.4, -0.2) is 63.4 Å². The number of aromatic nitrogens is 4. The fourth-order valence-electron chi connectivity index (χ4n) is 4.87. The normalized spacial score (nSPS) is 13.6. The quantitative estimate of drug-likeness (QED) is 0.0781. The first kappa shape index (κ1) is 40.2. The van der Waals surface area contributed by atoms with Gasteiger partial charge >= 0.3 is 11.9 Å². The first-order chi connectivity index (χ1) is 24.9. The molecule has 2 aromatic carbocycles. The first-order valence-electron chi connectivity index (χ1n) is 17.4. The highest BCUT2D eigenvalue weighted by Crippen LogP contribution is 2.25. The number of anilines is 2. The lowest BCUT2D eigenvalue weighted by Crippen LogP contribution is -2.38. The molecule has 4 N–H and O–H groups in total. The van der Waals surface area contributed by atoms with Crippen molar-refractivity contribution >= 4 is 56.7 Å². The van der Waals surface area contributed by atoms with Gasteiger partial charge in [-0.05, 0) is 35.8 Å².